The second-order valence-corrected chi connectivity index (χ2v) is 5.26. The van der Waals surface area contributed by atoms with Gasteiger partial charge in [0.25, 0.3) is 0 Å². The number of carbonyl (C=O) groups is 1. The standard InChI is InChI=1S/C18H19NO2/c20-18(11-10-15-6-2-1-3-7-15)19-12-13-21-17-9-5-4-8-16(17)14-19/h1-9H,10-14H2. The summed E-state index contributed by atoms with van der Waals surface area (Å²) in [5.74, 6) is 1.09. The number of benzene rings is 2. The van der Waals surface area contributed by atoms with Gasteiger partial charge >= 0.3 is 0 Å². The quantitative estimate of drug-likeness (QED) is 0.865. The fourth-order valence-electron chi connectivity index (χ4n) is 2.59. The largest absolute Gasteiger partial charge is 0.491 e. The van der Waals surface area contributed by atoms with Gasteiger partial charge in [-0.05, 0) is 18.1 Å². The second-order valence-electron chi connectivity index (χ2n) is 5.26. The number of carbonyl (C=O) groups excluding carboxylic acids is 1. The van der Waals surface area contributed by atoms with Crippen molar-refractivity contribution in [1.29, 1.82) is 0 Å². The van der Waals surface area contributed by atoms with E-state index in [9.17, 15) is 4.79 Å². The van der Waals surface area contributed by atoms with Crippen molar-refractivity contribution in [2.45, 2.75) is 19.4 Å². The van der Waals surface area contributed by atoms with Crippen LogP contribution >= 0.6 is 0 Å². The summed E-state index contributed by atoms with van der Waals surface area (Å²) in [6, 6.07) is 18.1. The molecule has 3 heteroatoms. The molecule has 0 aliphatic carbocycles. The Morgan fingerprint density at radius 1 is 1.05 bits per heavy atom. The van der Waals surface area contributed by atoms with Gasteiger partial charge in [-0.3, -0.25) is 4.79 Å². The van der Waals surface area contributed by atoms with Crippen molar-refractivity contribution in [3.63, 3.8) is 0 Å². The molecule has 0 unspecified atom stereocenters. The minimum absolute atomic E-state index is 0.194. The first-order chi connectivity index (χ1) is 10.3. The Morgan fingerprint density at radius 2 is 1.81 bits per heavy atom. The summed E-state index contributed by atoms with van der Waals surface area (Å²) in [5, 5.41) is 0. The fraction of sp³-hybridized carbons (Fsp3) is 0.278. The minimum atomic E-state index is 0.194. The predicted molar refractivity (Wildman–Crippen MR) is 82.1 cm³/mol. The molecule has 2 aromatic rings. The smallest absolute Gasteiger partial charge is 0.223 e. The highest BCUT2D eigenvalue weighted by Gasteiger charge is 2.19. The first kappa shape index (κ1) is 13.7. The molecule has 3 rings (SSSR count). The first-order valence-electron chi connectivity index (χ1n) is 7.35. The molecule has 0 bridgehead atoms. The van der Waals surface area contributed by atoms with Gasteiger partial charge in [-0.1, -0.05) is 48.5 Å². The number of ether oxygens (including phenoxy) is 1. The Morgan fingerprint density at radius 3 is 2.67 bits per heavy atom. The summed E-state index contributed by atoms with van der Waals surface area (Å²) in [4.78, 5) is 14.3. The average Bonchev–Trinajstić information content (AvgIpc) is 2.76. The second kappa shape index (κ2) is 6.44. The maximum atomic E-state index is 12.4. The van der Waals surface area contributed by atoms with Crippen LogP contribution < -0.4 is 4.74 Å². The van der Waals surface area contributed by atoms with Gasteiger partial charge in [0.15, 0.2) is 0 Å². The van der Waals surface area contributed by atoms with Gasteiger partial charge < -0.3 is 9.64 Å². The Balaban J connectivity index is 1.63. The van der Waals surface area contributed by atoms with Crippen LogP contribution in [0.5, 0.6) is 5.75 Å². The number of aryl methyl sites for hydroxylation is 1. The van der Waals surface area contributed by atoms with Crippen molar-refractivity contribution in [2.24, 2.45) is 0 Å². The van der Waals surface area contributed by atoms with Gasteiger partial charge in [-0.2, -0.15) is 0 Å². The van der Waals surface area contributed by atoms with Crippen LogP contribution in [0.25, 0.3) is 0 Å². The summed E-state index contributed by atoms with van der Waals surface area (Å²) in [6.45, 7) is 1.86. The summed E-state index contributed by atoms with van der Waals surface area (Å²) >= 11 is 0. The molecule has 1 amide bonds. The SMILES string of the molecule is O=C(CCc1ccccc1)N1CCOc2ccccc2C1. The van der Waals surface area contributed by atoms with Crippen molar-refractivity contribution in [1.82, 2.24) is 4.90 Å². The number of hydrogen-bond donors (Lipinski definition) is 0. The van der Waals surface area contributed by atoms with E-state index in [4.69, 9.17) is 4.74 Å². The molecular weight excluding hydrogens is 262 g/mol. The third-order valence-corrected chi connectivity index (χ3v) is 3.78. The van der Waals surface area contributed by atoms with Crippen LogP contribution in [0.4, 0.5) is 0 Å². The molecule has 0 aromatic heterocycles. The Bertz CT molecular complexity index is 610. The van der Waals surface area contributed by atoms with E-state index in [0.717, 1.165) is 17.7 Å². The number of amides is 1. The third-order valence-electron chi connectivity index (χ3n) is 3.78. The molecule has 1 aliphatic rings. The zero-order valence-electron chi connectivity index (χ0n) is 12.0. The minimum Gasteiger partial charge on any atom is -0.491 e. The van der Waals surface area contributed by atoms with E-state index in [2.05, 4.69) is 12.1 Å². The van der Waals surface area contributed by atoms with Crippen LogP contribution in [-0.2, 0) is 17.8 Å². The van der Waals surface area contributed by atoms with E-state index in [1.165, 1.54) is 5.56 Å². The molecule has 0 fully saturated rings. The van der Waals surface area contributed by atoms with Crippen molar-refractivity contribution in [3.8, 4) is 5.75 Å². The Kier molecular flexibility index (Phi) is 4.20. The van der Waals surface area contributed by atoms with Gasteiger partial charge in [0.1, 0.15) is 12.4 Å². The van der Waals surface area contributed by atoms with Crippen LogP contribution in [0, 0.1) is 0 Å². The van der Waals surface area contributed by atoms with Crippen molar-refractivity contribution in [2.75, 3.05) is 13.2 Å². The topological polar surface area (TPSA) is 29.5 Å². The van der Waals surface area contributed by atoms with Gasteiger partial charge in [0.05, 0.1) is 6.54 Å². The molecule has 1 heterocycles. The summed E-state index contributed by atoms with van der Waals surface area (Å²) < 4.78 is 5.70. The van der Waals surface area contributed by atoms with E-state index in [-0.39, 0.29) is 5.91 Å². The zero-order valence-corrected chi connectivity index (χ0v) is 12.0. The fourth-order valence-corrected chi connectivity index (χ4v) is 2.59. The lowest BCUT2D eigenvalue weighted by atomic mass is 10.1. The maximum Gasteiger partial charge on any atom is 0.223 e. The van der Waals surface area contributed by atoms with Gasteiger partial charge in [-0.25, -0.2) is 0 Å². The first-order valence-corrected chi connectivity index (χ1v) is 7.35. The molecule has 2 aromatic carbocycles. The number of fused-ring (bicyclic) bond motifs is 1. The predicted octanol–water partition coefficient (Wildman–Crippen LogP) is 3.04. The molecule has 108 valence electrons. The molecule has 1 aliphatic heterocycles. The normalized spacial score (nSPS) is 14.0. The lowest BCUT2D eigenvalue weighted by molar-refractivity contribution is -0.131. The van der Waals surface area contributed by atoms with E-state index in [1.807, 2.05) is 47.4 Å². The zero-order chi connectivity index (χ0) is 14.5. The van der Waals surface area contributed by atoms with Gasteiger partial charge in [-0.15, -0.1) is 0 Å². The molecule has 0 saturated carbocycles. The summed E-state index contributed by atoms with van der Waals surface area (Å²) in [7, 11) is 0. The summed E-state index contributed by atoms with van der Waals surface area (Å²) in [6.07, 6.45) is 1.34. The van der Waals surface area contributed by atoms with E-state index in [1.54, 1.807) is 0 Å². The van der Waals surface area contributed by atoms with E-state index < -0.39 is 0 Å². The molecule has 0 saturated heterocycles. The van der Waals surface area contributed by atoms with Gasteiger partial charge in [0, 0.05) is 18.5 Å². The van der Waals surface area contributed by atoms with E-state index in [0.29, 0.717) is 26.1 Å². The van der Waals surface area contributed by atoms with Crippen LogP contribution in [0.3, 0.4) is 0 Å². The third kappa shape index (κ3) is 3.43. The van der Waals surface area contributed by atoms with E-state index >= 15 is 0 Å². The molecule has 0 atom stereocenters. The molecule has 0 N–H and O–H groups in total. The van der Waals surface area contributed by atoms with Crippen LogP contribution in [0.15, 0.2) is 54.6 Å². The highest BCUT2D eigenvalue weighted by atomic mass is 16.5. The van der Waals surface area contributed by atoms with Crippen LogP contribution in [0.1, 0.15) is 17.5 Å². The number of para-hydroxylation sites is 1. The van der Waals surface area contributed by atoms with Crippen molar-refractivity contribution < 1.29 is 9.53 Å². The monoisotopic (exact) mass is 281 g/mol. The molecule has 3 nitrogen and oxygen atoms in total. The Hall–Kier alpha value is -2.29. The number of rotatable bonds is 3. The lowest BCUT2D eigenvalue weighted by Crippen LogP contribution is -2.32. The number of nitrogens with zero attached hydrogens (tertiary/aromatic N) is 1. The lowest BCUT2D eigenvalue weighted by Gasteiger charge is -2.19. The molecular formula is C18H19NO2. The van der Waals surface area contributed by atoms with Crippen LogP contribution in [-0.4, -0.2) is 24.0 Å². The van der Waals surface area contributed by atoms with Crippen molar-refractivity contribution in [3.05, 3.63) is 65.7 Å². The van der Waals surface area contributed by atoms with Gasteiger partial charge in [0.2, 0.25) is 5.91 Å². The number of hydrogen-bond acceptors (Lipinski definition) is 2. The average molecular weight is 281 g/mol. The highest BCUT2D eigenvalue weighted by molar-refractivity contribution is 5.76. The molecule has 21 heavy (non-hydrogen) atoms. The molecule has 0 radical (unpaired) electrons. The van der Waals surface area contributed by atoms with Crippen molar-refractivity contribution >= 4 is 5.91 Å². The molecule has 0 spiro atoms. The Labute approximate surface area is 125 Å². The summed E-state index contributed by atoms with van der Waals surface area (Å²) in [5.41, 5.74) is 2.29. The highest BCUT2D eigenvalue weighted by Crippen LogP contribution is 2.22. The van der Waals surface area contributed by atoms with Crippen LogP contribution in [0.2, 0.25) is 0 Å². The maximum absolute atomic E-state index is 12.4.